The molecule has 17 heavy (non-hydrogen) atoms. The molecule has 2 aromatic rings. The van der Waals surface area contributed by atoms with Crippen molar-refractivity contribution in [2.45, 2.75) is 19.4 Å². The molecule has 0 bridgehead atoms. The Bertz CT molecular complexity index is 492. The maximum Gasteiger partial charge on any atom is 0.135 e. The van der Waals surface area contributed by atoms with Crippen molar-refractivity contribution in [3.8, 4) is 0 Å². The van der Waals surface area contributed by atoms with Gasteiger partial charge in [-0.3, -0.25) is 0 Å². The summed E-state index contributed by atoms with van der Waals surface area (Å²) in [6, 6.07) is 10.7. The van der Waals surface area contributed by atoms with Crippen LogP contribution in [0.5, 0.6) is 0 Å². The second-order valence-corrected chi connectivity index (χ2v) is 5.02. The van der Waals surface area contributed by atoms with E-state index in [4.69, 9.17) is 4.42 Å². The van der Waals surface area contributed by atoms with Gasteiger partial charge in [0, 0.05) is 0 Å². The maximum atomic E-state index is 5.51. The third-order valence-electron chi connectivity index (χ3n) is 2.83. The van der Waals surface area contributed by atoms with E-state index in [1.54, 1.807) is 6.26 Å². The van der Waals surface area contributed by atoms with Crippen LogP contribution in [-0.2, 0) is 6.42 Å². The largest absolute Gasteiger partial charge is 0.466 e. The molecule has 1 unspecified atom stereocenters. The Hall–Kier alpha value is -1.06. The van der Waals surface area contributed by atoms with Crippen LogP contribution in [0.2, 0.25) is 0 Å². The van der Waals surface area contributed by atoms with Crippen molar-refractivity contribution in [1.82, 2.24) is 5.32 Å². The van der Waals surface area contributed by atoms with Crippen LogP contribution in [0.1, 0.15) is 22.9 Å². The fourth-order valence-corrected chi connectivity index (χ4v) is 2.43. The first-order chi connectivity index (χ1) is 8.20. The number of benzene rings is 1. The molecule has 0 amide bonds. The van der Waals surface area contributed by atoms with Crippen molar-refractivity contribution in [2.75, 3.05) is 7.05 Å². The van der Waals surface area contributed by atoms with Crippen LogP contribution in [0, 0.1) is 6.92 Å². The second-order valence-electron chi connectivity index (χ2n) is 4.17. The quantitative estimate of drug-likeness (QED) is 0.926. The van der Waals surface area contributed by atoms with Crippen molar-refractivity contribution < 1.29 is 4.42 Å². The predicted molar refractivity (Wildman–Crippen MR) is 73.1 cm³/mol. The number of furan rings is 1. The van der Waals surface area contributed by atoms with E-state index in [9.17, 15) is 0 Å². The Morgan fingerprint density at radius 3 is 2.76 bits per heavy atom. The molecule has 0 saturated carbocycles. The molecule has 0 aliphatic heterocycles. The number of rotatable bonds is 4. The summed E-state index contributed by atoms with van der Waals surface area (Å²) in [7, 11) is 1.95. The molecule has 1 aromatic heterocycles. The number of nitrogens with one attached hydrogen (secondary N) is 1. The highest BCUT2D eigenvalue weighted by Gasteiger charge is 2.16. The van der Waals surface area contributed by atoms with Gasteiger partial charge in [0.2, 0.25) is 0 Å². The first kappa shape index (κ1) is 12.4. The fraction of sp³-hybridized carbons (Fsp3) is 0.286. The molecule has 0 fully saturated rings. The van der Waals surface area contributed by atoms with Crippen molar-refractivity contribution in [2.24, 2.45) is 0 Å². The second kappa shape index (κ2) is 5.52. The molecule has 2 rings (SSSR count). The van der Waals surface area contributed by atoms with E-state index in [0.29, 0.717) is 0 Å². The lowest BCUT2D eigenvalue weighted by Crippen LogP contribution is -2.18. The van der Waals surface area contributed by atoms with Gasteiger partial charge in [-0.25, -0.2) is 0 Å². The summed E-state index contributed by atoms with van der Waals surface area (Å²) in [5.74, 6) is 0.953. The molecular formula is C14H16BrNO. The lowest BCUT2D eigenvalue weighted by Gasteiger charge is -2.14. The summed E-state index contributed by atoms with van der Waals surface area (Å²) < 4.78 is 6.53. The Morgan fingerprint density at radius 2 is 2.18 bits per heavy atom. The van der Waals surface area contributed by atoms with Gasteiger partial charge in [0.25, 0.3) is 0 Å². The van der Waals surface area contributed by atoms with Crippen molar-refractivity contribution in [1.29, 1.82) is 0 Å². The molecule has 0 aliphatic rings. The van der Waals surface area contributed by atoms with E-state index < -0.39 is 0 Å². The van der Waals surface area contributed by atoms with E-state index >= 15 is 0 Å². The minimum Gasteiger partial charge on any atom is -0.466 e. The van der Waals surface area contributed by atoms with Gasteiger partial charge in [-0.15, -0.1) is 0 Å². The molecular weight excluding hydrogens is 278 g/mol. The monoisotopic (exact) mass is 293 g/mol. The van der Waals surface area contributed by atoms with Crippen LogP contribution < -0.4 is 5.32 Å². The van der Waals surface area contributed by atoms with Gasteiger partial charge in [-0.05, 0) is 48.0 Å². The van der Waals surface area contributed by atoms with Gasteiger partial charge in [-0.2, -0.15) is 0 Å². The molecule has 1 N–H and O–H groups in total. The molecule has 90 valence electrons. The number of hydrogen-bond donors (Lipinski definition) is 1. The van der Waals surface area contributed by atoms with Crippen molar-refractivity contribution in [3.05, 3.63) is 58.0 Å². The zero-order chi connectivity index (χ0) is 12.3. The predicted octanol–water partition coefficient (Wildman–Crippen LogP) is 3.85. The van der Waals surface area contributed by atoms with E-state index in [2.05, 4.69) is 52.4 Å². The summed E-state index contributed by atoms with van der Waals surface area (Å²) in [4.78, 5) is 0. The first-order valence-electron chi connectivity index (χ1n) is 5.66. The van der Waals surface area contributed by atoms with Crippen LogP contribution in [-0.4, -0.2) is 7.05 Å². The highest BCUT2D eigenvalue weighted by Crippen LogP contribution is 2.27. The Labute approximate surface area is 110 Å². The smallest absolute Gasteiger partial charge is 0.135 e. The molecule has 0 aliphatic carbocycles. The topological polar surface area (TPSA) is 25.2 Å². The maximum absolute atomic E-state index is 5.51. The summed E-state index contributed by atoms with van der Waals surface area (Å²) in [5, 5.41) is 3.29. The molecule has 1 atom stereocenters. The summed E-state index contributed by atoms with van der Waals surface area (Å²) in [5.41, 5.74) is 2.60. The minimum atomic E-state index is 0.196. The molecule has 0 radical (unpaired) electrons. The highest BCUT2D eigenvalue weighted by atomic mass is 79.9. The summed E-state index contributed by atoms with van der Waals surface area (Å²) >= 11 is 3.50. The molecule has 0 saturated heterocycles. The lowest BCUT2D eigenvalue weighted by molar-refractivity contribution is 0.427. The Kier molecular flexibility index (Phi) is 4.02. The van der Waals surface area contributed by atoms with Crippen LogP contribution >= 0.6 is 15.9 Å². The Balaban J connectivity index is 2.19. The van der Waals surface area contributed by atoms with Crippen LogP contribution in [0.4, 0.5) is 0 Å². The summed E-state index contributed by atoms with van der Waals surface area (Å²) in [6.45, 7) is 2.11. The lowest BCUT2D eigenvalue weighted by atomic mass is 10.0. The van der Waals surface area contributed by atoms with Gasteiger partial charge in [-0.1, -0.05) is 29.8 Å². The SMILES string of the molecule is CNC(Cc1cccc(C)c1)c1occc1Br. The van der Waals surface area contributed by atoms with Gasteiger partial charge < -0.3 is 9.73 Å². The van der Waals surface area contributed by atoms with Gasteiger partial charge in [0.05, 0.1) is 16.8 Å². The van der Waals surface area contributed by atoms with E-state index in [1.807, 2.05) is 13.1 Å². The standard InChI is InChI=1S/C14H16BrNO/c1-10-4-3-5-11(8-10)9-13(16-2)14-12(15)6-7-17-14/h3-8,13,16H,9H2,1-2H3. The van der Waals surface area contributed by atoms with Gasteiger partial charge in [0.15, 0.2) is 0 Å². The third-order valence-corrected chi connectivity index (χ3v) is 3.49. The fourth-order valence-electron chi connectivity index (χ4n) is 1.95. The molecule has 3 heteroatoms. The zero-order valence-corrected chi connectivity index (χ0v) is 11.6. The average Bonchev–Trinajstić information content (AvgIpc) is 2.72. The molecule has 0 spiro atoms. The number of aryl methyl sites for hydroxylation is 1. The number of halogens is 1. The molecule has 1 aromatic carbocycles. The van der Waals surface area contributed by atoms with E-state index in [1.165, 1.54) is 11.1 Å². The minimum absolute atomic E-state index is 0.196. The van der Waals surface area contributed by atoms with Crippen molar-refractivity contribution >= 4 is 15.9 Å². The van der Waals surface area contributed by atoms with Gasteiger partial charge in [0.1, 0.15) is 5.76 Å². The third kappa shape index (κ3) is 2.99. The van der Waals surface area contributed by atoms with Gasteiger partial charge >= 0.3 is 0 Å². The van der Waals surface area contributed by atoms with Crippen LogP contribution in [0.3, 0.4) is 0 Å². The average molecular weight is 294 g/mol. The van der Waals surface area contributed by atoms with E-state index in [0.717, 1.165) is 16.7 Å². The van der Waals surface area contributed by atoms with Crippen molar-refractivity contribution in [3.63, 3.8) is 0 Å². The Morgan fingerprint density at radius 1 is 1.35 bits per heavy atom. The first-order valence-corrected chi connectivity index (χ1v) is 6.45. The summed E-state index contributed by atoms with van der Waals surface area (Å²) in [6.07, 6.45) is 2.63. The zero-order valence-electron chi connectivity index (χ0n) is 10.0. The molecule has 2 nitrogen and oxygen atoms in total. The number of likely N-dealkylation sites (N-methyl/N-ethyl adjacent to an activating group) is 1. The number of hydrogen-bond acceptors (Lipinski definition) is 2. The van der Waals surface area contributed by atoms with E-state index in [-0.39, 0.29) is 6.04 Å². The molecule has 1 heterocycles. The van der Waals surface area contributed by atoms with Crippen LogP contribution in [0.25, 0.3) is 0 Å². The van der Waals surface area contributed by atoms with Crippen LogP contribution in [0.15, 0.2) is 45.5 Å². The normalized spacial score (nSPS) is 12.6. The highest BCUT2D eigenvalue weighted by molar-refractivity contribution is 9.10.